The van der Waals surface area contributed by atoms with E-state index < -0.39 is 0 Å². The van der Waals surface area contributed by atoms with Crippen molar-refractivity contribution in [2.45, 2.75) is 385 Å². The molecule has 0 spiro atoms. The van der Waals surface area contributed by atoms with E-state index in [9.17, 15) is 0 Å². The van der Waals surface area contributed by atoms with Gasteiger partial charge in [-0.1, -0.05) is 320 Å². The van der Waals surface area contributed by atoms with E-state index in [1.165, 1.54) is 283 Å². The van der Waals surface area contributed by atoms with Crippen molar-refractivity contribution in [3.8, 4) is 0 Å². The number of rotatable bonds is 55. The molecule has 418 valence electrons. The summed E-state index contributed by atoms with van der Waals surface area (Å²) in [5, 5.41) is 1.27. The molecular weight excluding hydrogens is 885 g/mol. The van der Waals surface area contributed by atoms with Gasteiger partial charge < -0.3 is 0 Å². The Balaban J connectivity index is 1.77. The smallest absolute Gasteiger partial charge is 0.0276 e. The van der Waals surface area contributed by atoms with Crippen LogP contribution in [-0.4, -0.2) is 58.6 Å². The zero-order valence-corrected chi connectivity index (χ0v) is 51.6. The molecule has 10 unspecified atom stereocenters. The predicted molar refractivity (Wildman–Crippen MR) is 325 cm³/mol. The molecule has 0 aromatic carbocycles. The molecule has 70 heavy (non-hydrogen) atoms. The lowest BCUT2D eigenvalue weighted by Crippen LogP contribution is -2.44. The monoisotopic (exact) mass is 1020 g/mol. The van der Waals surface area contributed by atoms with Gasteiger partial charge in [0, 0.05) is 34.7 Å². The number of hydrogen-bond donors (Lipinski definition) is 0. The van der Waals surface area contributed by atoms with Crippen molar-refractivity contribution in [3.63, 3.8) is 0 Å². The van der Waals surface area contributed by atoms with E-state index in [2.05, 4.69) is 101 Å². The third-order valence-corrected chi connectivity index (χ3v) is 22.3. The van der Waals surface area contributed by atoms with Gasteiger partial charge in [-0.3, -0.25) is 9.80 Å². The number of hydrogen-bond acceptors (Lipinski definition) is 4. The molecule has 2 aliphatic rings. The van der Waals surface area contributed by atoms with Gasteiger partial charge in [0.05, 0.1) is 0 Å². The summed E-state index contributed by atoms with van der Waals surface area (Å²) in [6, 6.07) is 2.70. The van der Waals surface area contributed by atoms with Crippen LogP contribution >= 0.6 is 21.6 Å². The van der Waals surface area contributed by atoms with Crippen LogP contribution in [0.5, 0.6) is 0 Å². The van der Waals surface area contributed by atoms with Crippen molar-refractivity contribution in [1.29, 1.82) is 0 Å². The first-order valence-electron chi connectivity index (χ1n) is 32.9. The van der Waals surface area contributed by atoms with Crippen molar-refractivity contribution in [2.75, 3.05) is 14.1 Å². The molecule has 0 aromatic heterocycles. The maximum atomic E-state index is 2.85. The molecule has 2 fully saturated rings. The summed E-state index contributed by atoms with van der Waals surface area (Å²) < 4.78 is 0. The fourth-order valence-electron chi connectivity index (χ4n) is 12.5. The first-order chi connectivity index (χ1) is 34.2. The average molecular weight is 1020 g/mol. The summed E-state index contributed by atoms with van der Waals surface area (Å²) in [5.74, 6) is 4.39. The van der Waals surface area contributed by atoms with Crippen LogP contribution in [0.4, 0.5) is 0 Å². The van der Waals surface area contributed by atoms with Gasteiger partial charge in [0.25, 0.3) is 0 Å². The Morgan fingerprint density at radius 1 is 0.300 bits per heavy atom. The van der Waals surface area contributed by atoms with Crippen LogP contribution < -0.4 is 0 Å². The van der Waals surface area contributed by atoms with Crippen LogP contribution in [0, 0.1) is 23.7 Å². The zero-order valence-electron chi connectivity index (χ0n) is 50.0. The van der Waals surface area contributed by atoms with Crippen LogP contribution in [-0.2, 0) is 0 Å². The lowest BCUT2D eigenvalue weighted by molar-refractivity contribution is 0.159. The SMILES string of the molecule is CCCCCCCCCC(CCCCCCCC1CC1CCCCCCCC)N(C)C(C)C(C)SSC(C)C(C)N(C)C(CCCCCCCCC)CCCCCCCC1CC1CCCCCCCC. The molecule has 0 heterocycles. The second-order valence-corrected chi connectivity index (χ2v) is 27.9. The van der Waals surface area contributed by atoms with Crippen LogP contribution in [0.2, 0.25) is 0 Å². The van der Waals surface area contributed by atoms with Gasteiger partial charge in [0.2, 0.25) is 0 Å². The van der Waals surface area contributed by atoms with E-state index in [1.807, 2.05) is 0 Å². The molecule has 2 rings (SSSR count). The van der Waals surface area contributed by atoms with Crippen molar-refractivity contribution in [2.24, 2.45) is 23.7 Å². The van der Waals surface area contributed by atoms with Gasteiger partial charge in [-0.15, -0.1) is 0 Å². The second-order valence-electron chi connectivity index (χ2n) is 24.9. The molecule has 0 bridgehead atoms. The third kappa shape index (κ3) is 34.3. The fourth-order valence-corrected chi connectivity index (χ4v) is 15.6. The molecule has 10 atom stereocenters. The Morgan fingerprint density at radius 3 is 0.729 bits per heavy atom. The first kappa shape index (κ1) is 66.7. The van der Waals surface area contributed by atoms with E-state index in [0.717, 1.165) is 35.8 Å². The Kier molecular flexibility index (Phi) is 43.6. The molecule has 0 N–H and O–H groups in total. The van der Waals surface area contributed by atoms with Crippen molar-refractivity contribution in [3.05, 3.63) is 0 Å². The molecule has 4 heteroatoms. The standard InChI is InChI=1S/C66H132N2S2/c1-11-15-19-23-27-35-43-51-65(53-45-37-29-33-41-49-63-55-61(63)47-39-31-25-21-17-13-3)67(9)57(5)59(7)69-70-60(8)58(6)68(10)66(52-44-36-28-24-20-16-12-2)54-46-38-30-34-42-50-64-56-62(64)48-40-32-26-22-18-14-4/h57-66H,11-56H2,1-10H3. The Bertz CT molecular complexity index is 1020. The summed E-state index contributed by atoms with van der Waals surface area (Å²) in [7, 11) is 9.43. The topological polar surface area (TPSA) is 6.48 Å². The minimum absolute atomic E-state index is 0.607. The van der Waals surface area contributed by atoms with E-state index >= 15 is 0 Å². The molecule has 2 aliphatic carbocycles. The average Bonchev–Trinajstić information content (AvgIpc) is 4.31. The lowest BCUT2D eigenvalue weighted by atomic mass is 9.97. The van der Waals surface area contributed by atoms with Crippen LogP contribution in [0.25, 0.3) is 0 Å². The lowest BCUT2D eigenvalue weighted by Gasteiger charge is -2.38. The van der Waals surface area contributed by atoms with Gasteiger partial charge in [0.1, 0.15) is 0 Å². The molecule has 0 radical (unpaired) electrons. The van der Waals surface area contributed by atoms with Gasteiger partial charge >= 0.3 is 0 Å². The molecule has 0 amide bonds. The van der Waals surface area contributed by atoms with Crippen LogP contribution in [0.15, 0.2) is 0 Å². The largest absolute Gasteiger partial charge is 0.300 e. The van der Waals surface area contributed by atoms with Gasteiger partial charge in [-0.05, 0) is 90.1 Å². The highest BCUT2D eigenvalue weighted by atomic mass is 33.1. The van der Waals surface area contributed by atoms with Crippen molar-refractivity contribution in [1.82, 2.24) is 9.80 Å². The van der Waals surface area contributed by atoms with Crippen molar-refractivity contribution >= 4 is 21.6 Å². The summed E-state index contributed by atoms with van der Waals surface area (Å²) >= 11 is 0. The van der Waals surface area contributed by atoms with E-state index in [0.29, 0.717) is 22.6 Å². The molecule has 2 nitrogen and oxygen atoms in total. The number of unbranched alkanes of at least 4 members (excludes halogenated alkanes) is 30. The minimum Gasteiger partial charge on any atom is -0.300 e. The van der Waals surface area contributed by atoms with E-state index in [4.69, 9.17) is 0 Å². The quantitative estimate of drug-likeness (QED) is 0.0442. The molecule has 0 aromatic rings. The number of nitrogens with zero attached hydrogens (tertiary/aromatic N) is 2. The molecule has 0 aliphatic heterocycles. The summed E-state index contributed by atoms with van der Waals surface area (Å²) in [6.07, 6.45) is 66.9. The maximum absolute atomic E-state index is 2.85. The Morgan fingerprint density at radius 2 is 0.500 bits per heavy atom. The third-order valence-electron chi connectivity index (χ3n) is 18.7. The van der Waals surface area contributed by atoms with E-state index in [1.54, 1.807) is 12.8 Å². The normalized spacial score (nSPS) is 20.6. The van der Waals surface area contributed by atoms with E-state index in [-0.39, 0.29) is 0 Å². The highest BCUT2D eigenvalue weighted by molar-refractivity contribution is 8.77. The van der Waals surface area contributed by atoms with Gasteiger partial charge in [0.15, 0.2) is 0 Å². The van der Waals surface area contributed by atoms with Crippen LogP contribution in [0.1, 0.15) is 351 Å². The maximum Gasteiger partial charge on any atom is 0.0276 e. The Labute approximate surface area is 452 Å². The summed E-state index contributed by atoms with van der Waals surface area (Å²) in [6.45, 7) is 19.6. The Hall–Kier alpha value is 0.620. The second kappa shape index (κ2) is 45.8. The van der Waals surface area contributed by atoms with Gasteiger partial charge in [-0.2, -0.15) is 0 Å². The fraction of sp³-hybridized carbons (Fsp3) is 1.00. The first-order valence-corrected chi connectivity index (χ1v) is 35.2. The summed E-state index contributed by atoms with van der Waals surface area (Å²) in [5.41, 5.74) is 0. The minimum atomic E-state index is 0.607. The molecule has 2 saturated carbocycles. The molecular formula is C66H132N2S2. The van der Waals surface area contributed by atoms with Crippen LogP contribution in [0.3, 0.4) is 0 Å². The molecule has 0 saturated heterocycles. The highest BCUT2D eigenvalue weighted by Gasteiger charge is 2.36. The van der Waals surface area contributed by atoms with Crippen molar-refractivity contribution < 1.29 is 0 Å². The summed E-state index contributed by atoms with van der Waals surface area (Å²) in [4.78, 5) is 5.70. The highest BCUT2D eigenvalue weighted by Crippen LogP contribution is 2.47. The zero-order chi connectivity index (χ0) is 50.9. The van der Waals surface area contributed by atoms with Gasteiger partial charge in [-0.25, -0.2) is 0 Å². The predicted octanol–water partition coefficient (Wildman–Crippen LogP) is 23.0.